The monoisotopic (exact) mass is 299 g/mol. The summed E-state index contributed by atoms with van der Waals surface area (Å²) >= 11 is 0. The Morgan fingerprint density at radius 3 is 2.91 bits per heavy atom. The van der Waals surface area contributed by atoms with Crippen LogP contribution in [0.2, 0.25) is 0 Å². The lowest BCUT2D eigenvalue weighted by Gasteiger charge is -2.08. The normalized spacial score (nSPS) is 12.4. The molecule has 2 aromatic rings. The summed E-state index contributed by atoms with van der Waals surface area (Å²) in [6, 6.07) is 14.2. The topological polar surface area (TPSA) is 39.7 Å². The van der Waals surface area contributed by atoms with E-state index in [2.05, 4.69) is 30.4 Å². The van der Waals surface area contributed by atoms with Crippen LogP contribution in [0.5, 0.6) is 17.2 Å². The van der Waals surface area contributed by atoms with Gasteiger partial charge in [0, 0.05) is 6.54 Å². The molecule has 4 nitrogen and oxygen atoms in total. The van der Waals surface area contributed by atoms with Crippen molar-refractivity contribution in [1.29, 1.82) is 0 Å². The first-order chi connectivity index (χ1) is 10.8. The highest BCUT2D eigenvalue weighted by molar-refractivity contribution is 5.44. The van der Waals surface area contributed by atoms with Gasteiger partial charge >= 0.3 is 0 Å². The Hall–Kier alpha value is -2.20. The van der Waals surface area contributed by atoms with E-state index in [9.17, 15) is 0 Å². The summed E-state index contributed by atoms with van der Waals surface area (Å²) in [4.78, 5) is 0. The molecule has 0 saturated heterocycles. The predicted octanol–water partition coefficient (Wildman–Crippen LogP) is 3.28. The minimum atomic E-state index is 0.322. The second-order valence-electron chi connectivity index (χ2n) is 5.38. The summed E-state index contributed by atoms with van der Waals surface area (Å²) in [6.45, 7) is 4.85. The van der Waals surface area contributed by atoms with Gasteiger partial charge in [-0.1, -0.05) is 18.2 Å². The fourth-order valence-electron chi connectivity index (χ4n) is 2.38. The summed E-state index contributed by atoms with van der Waals surface area (Å²) in [6.07, 6.45) is 0.971. The Balaban J connectivity index is 1.34. The Morgan fingerprint density at radius 2 is 2.00 bits per heavy atom. The van der Waals surface area contributed by atoms with Crippen molar-refractivity contribution in [3.05, 3.63) is 53.6 Å². The molecule has 0 unspecified atom stereocenters. The number of fused-ring (bicyclic) bond motifs is 1. The zero-order valence-electron chi connectivity index (χ0n) is 12.8. The van der Waals surface area contributed by atoms with Crippen LogP contribution in [-0.4, -0.2) is 19.9 Å². The molecule has 0 atom stereocenters. The number of hydrogen-bond acceptors (Lipinski definition) is 4. The molecule has 22 heavy (non-hydrogen) atoms. The molecule has 0 aromatic heterocycles. The average molecular weight is 299 g/mol. The van der Waals surface area contributed by atoms with Gasteiger partial charge in [-0.25, -0.2) is 0 Å². The molecule has 1 aliphatic rings. The maximum absolute atomic E-state index is 5.72. The van der Waals surface area contributed by atoms with Gasteiger partial charge in [0.25, 0.3) is 0 Å². The van der Waals surface area contributed by atoms with E-state index in [1.165, 1.54) is 11.1 Å². The highest BCUT2D eigenvalue weighted by Crippen LogP contribution is 2.32. The lowest BCUT2D eigenvalue weighted by Crippen LogP contribution is -2.17. The highest BCUT2D eigenvalue weighted by Gasteiger charge is 2.12. The van der Waals surface area contributed by atoms with Gasteiger partial charge in [0.2, 0.25) is 6.79 Å². The van der Waals surface area contributed by atoms with E-state index < -0.39 is 0 Å². The van der Waals surface area contributed by atoms with Gasteiger partial charge in [-0.05, 0) is 55.3 Å². The van der Waals surface area contributed by atoms with Crippen molar-refractivity contribution in [2.24, 2.45) is 0 Å². The first-order valence-electron chi connectivity index (χ1n) is 7.60. The minimum absolute atomic E-state index is 0.322. The molecule has 3 rings (SSSR count). The van der Waals surface area contributed by atoms with Gasteiger partial charge in [-0.15, -0.1) is 0 Å². The van der Waals surface area contributed by atoms with E-state index in [0.717, 1.165) is 43.4 Å². The van der Waals surface area contributed by atoms with Gasteiger partial charge in [-0.2, -0.15) is 0 Å². The zero-order chi connectivity index (χ0) is 15.2. The fourth-order valence-corrected chi connectivity index (χ4v) is 2.38. The second-order valence-corrected chi connectivity index (χ2v) is 5.38. The Bertz CT molecular complexity index is 627. The molecule has 0 radical (unpaired) electrons. The van der Waals surface area contributed by atoms with Crippen LogP contribution in [0.1, 0.15) is 17.5 Å². The number of benzene rings is 2. The van der Waals surface area contributed by atoms with E-state index in [0.29, 0.717) is 6.79 Å². The molecule has 116 valence electrons. The van der Waals surface area contributed by atoms with Gasteiger partial charge in [0.1, 0.15) is 5.75 Å². The third-order valence-corrected chi connectivity index (χ3v) is 3.52. The summed E-state index contributed by atoms with van der Waals surface area (Å²) in [5, 5.41) is 3.41. The molecule has 1 heterocycles. The van der Waals surface area contributed by atoms with E-state index in [1.807, 2.05) is 24.3 Å². The van der Waals surface area contributed by atoms with Crippen molar-refractivity contribution < 1.29 is 14.2 Å². The van der Waals surface area contributed by atoms with Gasteiger partial charge in [0.05, 0.1) is 6.61 Å². The molecule has 0 aliphatic carbocycles. The average Bonchev–Trinajstić information content (AvgIpc) is 2.98. The first kappa shape index (κ1) is 14.7. The Labute approximate surface area is 131 Å². The van der Waals surface area contributed by atoms with Crippen LogP contribution in [0.4, 0.5) is 0 Å². The Morgan fingerprint density at radius 1 is 1.09 bits per heavy atom. The van der Waals surface area contributed by atoms with Crippen LogP contribution >= 0.6 is 0 Å². The van der Waals surface area contributed by atoms with Crippen molar-refractivity contribution in [2.75, 3.05) is 19.9 Å². The summed E-state index contributed by atoms with van der Waals surface area (Å²) in [5.41, 5.74) is 2.42. The maximum atomic E-state index is 5.72. The SMILES string of the molecule is Cc1cccc(OCCCNCc2ccc3c(c2)OCO3)c1. The highest BCUT2D eigenvalue weighted by atomic mass is 16.7. The fraction of sp³-hybridized carbons (Fsp3) is 0.333. The third-order valence-electron chi connectivity index (χ3n) is 3.52. The molecular formula is C18H21NO3. The van der Waals surface area contributed by atoms with Crippen LogP contribution in [0.15, 0.2) is 42.5 Å². The van der Waals surface area contributed by atoms with E-state index >= 15 is 0 Å². The molecule has 4 heteroatoms. The van der Waals surface area contributed by atoms with Crippen LogP contribution < -0.4 is 19.5 Å². The zero-order valence-corrected chi connectivity index (χ0v) is 12.8. The molecule has 0 bridgehead atoms. The standard InChI is InChI=1S/C18H21NO3/c1-14-4-2-5-16(10-14)20-9-3-8-19-12-15-6-7-17-18(11-15)22-13-21-17/h2,4-7,10-11,19H,3,8-9,12-13H2,1H3. The molecule has 0 amide bonds. The van der Waals surface area contributed by atoms with Crippen LogP contribution in [0, 0.1) is 6.92 Å². The number of rotatable bonds is 7. The van der Waals surface area contributed by atoms with Crippen LogP contribution in [-0.2, 0) is 6.54 Å². The summed E-state index contributed by atoms with van der Waals surface area (Å²) in [5.74, 6) is 2.60. The molecule has 0 fully saturated rings. The molecule has 0 saturated carbocycles. The quantitative estimate of drug-likeness (QED) is 0.796. The Kier molecular flexibility index (Phi) is 4.81. The van der Waals surface area contributed by atoms with Crippen molar-refractivity contribution in [3.8, 4) is 17.2 Å². The van der Waals surface area contributed by atoms with Crippen LogP contribution in [0.25, 0.3) is 0 Å². The van der Waals surface area contributed by atoms with Gasteiger partial charge in [-0.3, -0.25) is 0 Å². The first-order valence-corrected chi connectivity index (χ1v) is 7.60. The van der Waals surface area contributed by atoms with Gasteiger partial charge in [0.15, 0.2) is 11.5 Å². The summed E-state index contributed by atoms with van der Waals surface area (Å²) < 4.78 is 16.4. The molecular weight excluding hydrogens is 278 g/mol. The number of aryl methyl sites for hydroxylation is 1. The molecule has 0 spiro atoms. The second kappa shape index (κ2) is 7.18. The van der Waals surface area contributed by atoms with Crippen molar-refractivity contribution in [2.45, 2.75) is 19.9 Å². The van der Waals surface area contributed by atoms with E-state index in [4.69, 9.17) is 14.2 Å². The number of ether oxygens (including phenoxy) is 3. The molecule has 1 aliphatic heterocycles. The smallest absolute Gasteiger partial charge is 0.231 e. The summed E-state index contributed by atoms with van der Waals surface area (Å²) in [7, 11) is 0. The molecule has 1 N–H and O–H groups in total. The molecule has 2 aromatic carbocycles. The predicted molar refractivity (Wildman–Crippen MR) is 85.6 cm³/mol. The van der Waals surface area contributed by atoms with E-state index in [1.54, 1.807) is 0 Å². The maximum Gasteiger partial charge on any atom is 0.231 e. The van der Waals surface area contributed by atoms with Crippen molar-refractivity contribution in [1.82, 2.24) is 5.32 Å². The lowest BCUT2D eigenvalue weighted by molar-refractivity contribution is 0.174. The minimum Gasteiger partial charge on any atom is -0.494 e. The number of nitrogens with one attached hydrogen (secondary N) is 1. The third kappa shape index (κ3) is 3.92. The van der Waals surface area contributed by atoms with Gasteiger partial charge < -0.3 is 19.5 Å². The van der Waals surface area contributed by atoms with Crippen molar-refractivity contribution >= 4 is 0 Å². The lowest BCUT2D eigenvalue weighted by atomic mass is 10.2. The van der Waals surface area contributed by atoms with Crippen molar-refractivity contribution in [3.63, 3.8) is 0 Å². The van der Waals surface area contributed by atoms with Crippen LogP contribution in [0.3, 0.4) is 0 Å². The largest absolute Gasteiger partial charge is 0.494 e. The number of hydrogen-bond donors (Lipinski definition) is 1. The van der Waals surface area contributed by atoms with E-state index in [-0.39, 0.29) is 0 Å².